The monoisotopic (exact) mass is 315 g/mol. The maximum Gasteiger partial charge on any atom is 0.261 e. The van der Waals surface area contributed by atoms with Gasteiger partial charge in [0.2, 0.25) is 0 Å². The lowest BCUT2D eigenvalue weighted by molar-refractivity contribution is -0.133. The molecular formula is C17H14FNO4. The molecule has 23 heavy (non-hydrogen) atoms. The highest BCUT2D eigenvalue weighted by molar-refractivity contribution is 6.09. The van der Waals surface area contributed by atoms with Crippen LogP contribution in [0, 0.1) is 5.82 Å². The molecular weight excluding hydrogens is 301 g/mol. The molecule has 0 bridgehead atoms. The number of fused-ring (bicyclic) bond motifs is 1. The molecule has 1 amide bonds. The molecule has 0 radical (unpaired) electrons. The number of para-hydroxylation sites is 1. The fourth-order valence-electron chi connectivity index (χ4n) is 2.69. The number of aliphatic hydroxyl groups is 1. The van der Waals surface area contributed by atoms with Crippen LogP contribution >= 0.6 is 0 Å². The van der Waals surface area contributed by atoms with Gasteiger partial charge in [-0.05, 0) is 30.3 Å². The number of carbonyl (C=O) groups excluding carboxylic acids is 2. The highest BCUT2D eigenvalue weighted by atomic mass is 19.1. The van der Waals surface area contributed by atoms with E-state index < -0.39 is 29.5 Å². The Bertz CT molecular complexity index is 805. The molecule has 5 nitrogen and oxygen atoms in total. The first-order chi connectivity index (χ1) is 11.0. The molecule has 118 valence electrons. The molecule has 0 fully saturated rings. The Hall–Kier alpha value is -2.73. The minimum absolute atomic E-state index is 0.0609. The van der Waals surface area contributed by atoms with Gasteiger partial charge in [0, 0.05) is 11.3 Å². The van der Waals surface area contributed by atoms with Crippen molar-refractivity contribution in [3.63, 3.8) is 0 Å². The maximum absolute atomic E-state index is 13.5. The smallest absolute Gasteiger partial charge is 0.261 e. The third-order valence-electron chi connectivity index (χ3n) is 3.87. The number of hydrogen-bond donors (Lipinski definition) is 2. The molecule has 3 rings (SSSR count). The molecule has 6 heteroatoms. The van der Waals surface area contributed by atoms with Crippen LogP contribution in [0.4, 0.5) is 10.1 Å². The number of amides is 1. The highest BCUT2D eigenvalue weighted by Gasteiger charge is 2.47. The van der Waals surface area contributed by atoms with Gasteiger partial charge in [0.1, 0.15) is 11.6 Å². The van der Waals surface area contributed by atoms with E-state index in [1.54, 1.807) is 24.3 Å². The van der Waals surface area contributed by atoms with Crippen LogP contribution in [-0.2, 0) is 10.4 Å². The number of ether oxygens (including phenoxy) is 1. The van der Waals surface area contributed by atoms with Crippen molar-refractivity contribution in [2.24, 2.45) is 0 Å². The summed E-state index contributed by atoms with van der Waals surface area (Å²) in [6.07, 6.45) is -0.504. The minimum atomic E-state index is -2.10. The molecule has 0 saturated carbocycles. The van der Waals surface area contributed by atoms with E-state index in [1.165, 1.54) is 19.2 Å². The van der Waals surface area contributed by atoms with E-state index in [2.05, 4.69) is 5.32 Å². The maximum atomic E-state index is 13.5. The van der Waals surface area contributed by atoms with Crippen LogP contribution in [0.2, 0.25) is 0 Å². The van der Waals surface area contributed by atoms with Gasteiger partial charge in [-0.2, -0.15) is 0 Å². The molecule has 0 aliphatic carbocycles. The zero-order chi connectivity index (χ0) is 16.6. The van der Waals surface area contributed by atoms with Crippen LogP contribution in [0.1, 0.15) is 22.3 Å². The number of methoxy groups -OCH3 is 1. The number of rotatable bonds is 4. The highest BCUT2D eigenvalue weighted by Crippen LogP contribution is 2.39. The van der Waals surface area contributed by atoms with Crippen LogP contribution in [-0.4, -0.2) is 23.9 Å². The quantitative estimate of drug-likeness (QED) is 0.849. The summed E-state index contributed by atoms with van der Waals surface area (Å²) < 4.78 is 18.6. The van der Waals surface area contributed by atoms with Gasteiger partial charge in [-0.1, -0.05) is 12.1 Å². The van der Waals surface area contributed by atoms with Gasteiger partial charge in [-0.15, -0.1) is 0 Å². The fraction of sp³-hybridized carbons (Fsp3) is 0.176. The van der Waals surface area contributed by atoms with Gasteiger partial charge in [-0.25, -0.2) is 4.39 Å². The Morgan fingerprint density at radius 3 is 2.78 bits per heavy atom. The number of Topliss-reactive ketones (excluding diaryl/α,β-unsaturated/α-hetero) is 1. The second-order valence-electron chi connectivity index (χ2n) is 5.30. The summed E-state index contributed by atoms with van der Waals surface area (Å²) in [6.45, 7) is 0. The van der Waals surface area contributed by atoms with Crippen molar-refractivity contribution in [1.82, 2.24) is 0 Å². The van der Waals surface area contributed by atoms with Crippen molar-refractivity contribution < 1.29 is 23.8 Å². The largest absolute Gasteiger partial charge is 0.496 e. The Morgan fingerprint density at radius 2 is 2.04 bits per heavy atom. The van der Waals surface area contributed by atoms with Crippen molar-refractivity contribution in [3.05, 3.63) is 59.4 Å². The molecule has 0 spiro atoms. The van der Waals surface area contributed by atoms with E-state index in [1.807, 2.05) is 0 Å². The number of benzene rings is 2. The molecule has 2 aromatic carbocycles. The van der Waals surface area contributed by atoms with E-state index in [0.717, 1.165) is 6.07 Å². The van der Waals surface area contributed by atoms with Crippen LogP contribution < -0.4 is 10.1 Å². The van der Waals surface area contributed by atoms with Crippen molar-refractivity contribution in [1.29, 1.82) is 0 Å². The first-order valence-electron chi connectivity index (χ1n) is 6.96. The fourth-order valence-corrected chi connectivity index (χ4v) is 2.69. The summed E-state index contributed by atoms with van der Waals surface area (Å²) in [5.74, 6) is -1.47. The van der Waals surface area contributed by atoms with E-state index in [4.69, 9.17) is 4.74 Å². The van der Waals surface area contributed by atoms with Crippen molar-refractivity contribution in [2.75, 3.05) is 12.4 Å². The average Bonchev–Trinajstić information content (AvgIpc) is 2.78. The van der Waals surface area contributed by atoms with E-state index in [0.29, 0.717) is 11.4 Å². The molecule has 1 aliphatic rings. The summed E-state index contributed by atoms with van der Waals surface area (Å²) in [5, 5.41) is 13.2. The van der Waals surface area contributed by atoms with Crippen LogP contribution in [0.25, 0.3) is 0 Å². The Labute approximate surface area is 131 Å². The Kier molecular flexibility index (Phi) is 3.61. The topological polar surface area (TPSA) is 75.6 Å². The van der Waals surface area contributed by atoms with Crippen LogP contribution in [0.5, 0.6) is 5.75 Å². The van der Waals surface area contributed by atoms with Gasteiger partial charge in [-0.3, -0.25) is 9.59 Å². The predicted molar refractivity (Wildman–Crippen MR) is 80.9 cm³/mol. The number of hydrogen-bond acceptors (Lipinski definition) is 4. The van der Waals surface area contributed by atoms with Crippen molar-refractivity contribution in [2.45, 2.75) is 12.0 Å². The van der Waals surface area contributed by atoms with Gasteiger partial charge in [0.25, 0.3) is 5.91 Å². The summed E-state index contributed by atoms with van der Waals surface area (Å²) in [6, 6.07) is 10.1. The Morgan fingerprint density at radius 1 is 1.30 bits per heavy atom. The molecule has 0 unspecified atom stereocenters. The SMILES string of the molecule is COc1ccccc1C(=O)C[C@]1(O)C(=O)Nc2ccc(F)cc21. The lowest BCUT2D eigenvalue weighted by Crippen LogP contribution is -2.36. The third kappa shape index (κ3) is 2.47. The number of halogens is 1. The van der Waals surface area contributed by atoms with Crippen molar-refractivity contribution in [3.8, 4) is 5.75 Å². The van der Waals surface area contributed by atoms with E-state index in [9.17, 15) is 19.1 Å². The predicted octanol–water partition coefficient (Wildman–Crippen LogP) is 2.25. The van der Waals surface area contributed by atoms with Gasteiger partial charge in [0.15, 0.2) is 11.4 Å². The second kappa shape index (κ2) is 5.48. The first-order valence-corrected chi connectivity index (χ1v) is 6.96. The number of anilines is 1. The standard InChI is InChI=1S/C17H14FNO4/c1-23-15-5-3-2-4-11(15)14(20)9-17(22)12-8-10(18)6-7-13(12)19-16(17)21/h2-8,22H,9H2,1H3,(H,19,21)/t17-/m1/s1. The molecule has 2 N–H and O–H groups in total. The summed E-state index contributed by atoms with van der Waals surface area (Å²) in [5.41, 5.74) is -1.49. The van der Waals surface area contributed by atoms with Gasteiger partial charge < -0.3 is 15.2 Å². The summed E-state index contributed by atoms with van der Waals surface area (Å²) >= 11 is 0. The average molecular weight is 315 g/mol. The Balaban J connectivity index is 1.98. The van der Waals surface area contributed by atoms with Crippen molar-refractivity contribution >= 4 is 17.4 Å². The molecule has 2 aromatic rings. The van der Waals surface area contributed by atoms with E-state index >= 15 is 0 Å². The minimum Gasteiger partial charge on any atom is -0.496 e. The first kappa shape index (κ1) is 15.2. The summed E-state index contributed by atoms with van der Waals surface area (Å²) in [4.78, 5) is 24.6. The van der Waals surface area contributed by atoms with Gasteiger partial charge in [0.05, 0.1) is 19.1 Å². The molecule has 1 aliphatic heterocycles. The number of ketones is 1. The second-order valence-corrected chi connectivity index (χ2v) is 5.30. The zero-order valence-electron chi connectivity index (χ0n) is 12.3. The van der Waals surface area contributed by atoms with Gasteiger partial charge >= 0.3 is 0 Å². The van der Waals surface area contributed by atoms with E-state index in [-0.39, 0.29) is 11.1 Å². The molecule has 0 saturated heterocycles. The third-order valence-corrected chi connectivity index (χ3v) is 3.87. The lowest BCUT2D eigenvalue weighted by atomic mass is 9.88. The van der Waals surface area contributed by atoms with Crippen LogP contribution in [0.15, 0.2) is 42.5 Å². The van der Waals surface area contributed by atoms with Crippen LogP contribution in [0.3, 0.4) is 0 Å². The normalized spacial score (nSPS) is 19.2. The zero-order valence-corrected chi connectivity index (χ0v) is 12.3. The molecule has 1 heterocycles. The lowest BCUT2D eigenvalue weighted by Gasteiger charge is -2.20. The molecule has 1 atom stereocenters. The molecule has 0 aromatic heterocycles. The number of nitrogens with one attached hydrogen (secondary N) is 1. The summed E-state index contributed by atoms with van der Waals surface area (Å²) in [7, 11) is 1.42. The number of carbonyl (C=O) groups is 2.